The molecule has 1 N–H and O–H groups in total. The smallest absolute Gasteiger partial charge is 0.224 e. The first-order valence-electron chi connectivity index (χ1n) is 6.68. The van der Waals surface area contributed by atoms with E-state index >= 15 is 0 Å². The van der Waals surface area contributed by atoms with Gasteiger partial charge in [-0.2, -0.15) is 0 Å². The lowest BCUT2D eigenvalue weighted by Crippen LogP contribution is -2.39. The quantitative estimate of drug-likeness (QED) is 0.773. The second-order valence-corrected chi connectivity index (χ2v) is 7.15. The van der Waals surface area contributed by atoms with Gasteiger partial charge in [-0.25, -0.2) is 0 Å². The molecule has 0 heterocycles. The van der Waals surface area contributed by atoms with Gasteiger partial charge in [0.25, 0.3) is 0 Å². The summed E-state index contributed by atoms with van der Waals surface area (Å²) in [4.78, 5) is 12.3. The topological polar surface area (TPSA) is 29.1 Å². The van der Waals surface area contributed by atoms with Crippen molar-refractivity contribution in [2.75, 3.05) is 5.88 Å². The Morgan fingerprint density at radius 1 is 1.24 bits per heavy atom. The first kappa shape index (κ1) is 13.2. The number of carbonyl (C=O) groups excluding carboxylic acids is 1. The molecular weight excluding hydrogens is 234 g/mol. The summed E-state index contributed by atoms with van der Waals surface area (Å²) in [6.07, 6.45) is 3.45. The Balaban J connectivity index is 1.95. The summed E-state index contributed by atoms with van der Waals surface area (Å²) in [5.41, 5.74) is 0.262. The predicted octanol–water partition coefficient (Wildman–Crippen LogP) is 3.19. The van der Waals surface area contributed by atoms with E-state index in [2.05, 4.69) is 33.0 Å². The van der Waals surface area contributed by atoms with Crippen molar-refractivity contribution in [1.82, 2.24) is 5.32 Å². The van der Waals surface area contributed by atoms with Gasteiger partial charge in [-0.1, -0.05) is 34.1 Å². The maximum Gasteiger partial charge on any atom is 0.224 e. The van der Waals surface area contributed by atoms with Crippen LogP contribution in [0, 0.1) is 22.7 Å². The fourth-order valence-electron chi connectivity index (χ4n) is 3.53. The van der Waals surface area contributed by atoms with Crippen molar-refractivity contribution >= 4 is 17.5 Å². The molecule has 98 valence electrons. The van der Waals surface area contributed by atoms with Gasteiger partial charge in [0.15, 0.2) is 0 Å². The summed E-state index contributed by atoms with van der Waals surface area (Å²) in [6.45, 7) is 8.74. The Morgan fingerprint density at radius 3 is 2.29 bits per heavy atom. The number of amides is 1. The van der Waals surface area contributed by atoms with Gasteiger partial charge in [-0.3, -0.25) is 4.79 Å². The van der Waals surface area contributed by atoms with Crippen LogP contribution < -0.4 is 5.32 Å². The average Bonchev–Trinajstić information content (AvgIpc) is 2.57. The van der Waals surface area contributed by atoms with Crippen molar-refractivity contribution in [3.63, 3.8) is 0 Å². The Kier molecular flexibility index (Phi) is 3.22. The van der Waals surface area contributed by atoms with Gasteiger partial charge in [0.2, 0.25) is 5.91 Å². The fraction of sp³-hybridized carbons (Fsp3) is 0.929. The lowest BCUT2D eigenvalue weighted by atomic mass is 10.0. The van der Waals surface area contributed by atoms with E-state index in [1.807, 2.05) is 0 Å². The zero-order valence-corrected chi connectivity index (χ0v) is 12.1. The van der Waals surface area contributed by atoms with E-state index in [9.17, 15) is 4.79 Å². The molecule has 2 unspecified atom stereocenters. The lowest BCUT2D eigenvalue weighted by Gasteiger charge is -2.19. The van der Waals surface area contributed by atoms with Gasteiger partial charge in [-0.15, -0.1) is 11.6 Å². The highest BCUT2D eigenvalue weighted by Crippen LogP contribution is 2.68. The SMILES string of the molecule is CC1(C)C(C(=O)NC2CCCC2CCl)C1(C)C. The zero-order valence-electron chi connectivity index (χ0n) is 11.3. The van der Waals surface area contributed by atoms with E-state index in [1.165, 1.54) is 6.42 Å². The highest BCUT2D eigenvalue weighted by molar-refractivity contribution is 6.18. The first-order valence-corrected chi connectivity index (χ1v) is 7.22. The molecule has 0 aromatic carbocycles. The van der Waals surface area contributed by atoms with Crippen LogP contribution in [0.4, 0.5) is 0 Å². The minimum absolute atomic E-state index is 0.131. The maximum absolute atomic E-state index is 12.3. The second-order valence-electron chi connectivity index (χ2n) is 6.84. The van der Waals surface area contributed by atoms with Crippen molar-refractivity contribution in [2.24, 2.45) is 22.7 Å². The van der Waals surface area contributed by atoms with E-state index in [0.29, 0.717) is 17.8 Å². The van der Waals surface area contributed by atoms with E-state index in [0.717, 1.165) is 12.8 Å². The molecular formula is C14H24ClNO. The van der Waals surface area contributed by atoms with E-state index in [1.54, 1.807) is 0 Å². The maximum atomic E-state index is 12.3. The molecule has 2 nitrogen and oxygen atoms in total. The molecule has 0 aliphatic heterocycles. The minimum Gasteiger partial charge on any atom is -0.353 e. The molecule has 2 rings (SSSR count). The first-order chi connectivity index (χ1) is 7.82. The predicted molar refractivity (Wildman–Crippen MR) is 71.0 cm³/mol. The number of rotatable bonds is 3. The third-order valence-corrected chi connectivity index (χ3v) is 5.86. The summed E-state index contributed by atoms with van der Waals surface area (Å²) in [6, 6.07) is 0.312. The Morgan fingerprint density at radius 2 is 1.82 bits per heavy atom. The van der Waals surface area contributed by atoms with Gasteiger partial charge in [0.05, 0.1) is 0 Å². The number of hydrogen-bond acceptors (Lipinski definition) is 1. The molecule has 0 spiro atoms. The molecule has 0 aromatic heterocycles. The van der Waals surface area contributed by atoms with Crippen molar-refractivity contribution in [1.29, 1.82) is 0 Å². The van der Waals surface area contributed by atoms with Crippen LogP contribution in [0.5, 0.6) is 0 Å². The van der Waals surface area contributed by atoms with Gasteiger partial charge in [-0.05, 0) is 29.6 Å². The summed E-state index contributed by atoms with van der Waals surface area (Å²) in [7, 11) is 0. The summed E-state index contributed by atoms with van der Waals surface area (Å²) in [5.74, 6) is 1.54. The highest BCUT2D eigenvalue weighted by atomic mass is 35.5. The molecule has 3 heteroatoms. The number of hydrogen-bond donors (Lipinski definition) is 1. The molecule has 2 atom stereocenters. The fourth-order valence-corrected chi connectivity index (χ4v) is 3.90. The number of nitrogens with one attached hydrogen (secondary N) is 1. The standard InChI is InChI=1S/C14H24ClNO/c1-13(2)11(14(13,3)4)12(17)16-10-7-5-6-9(10)8-15/h9-11H,5-8H2,1-4H3,(H,16,17). The van der Waals surface area contributed by atoms with Crippen molar-refractivity contribution in [3.05, 3.63) is 0 Å². The van der Waals surface area contributed by atoms with Gasteiger partial charge in [0, 0.05) is 17.8 Å². The summed E-state index contributed by atoms with van der Waals surface area (Å²) >= 11 is 5.94. The molecule has 2 aliphatic carbocycles. The van der Waals surface area contributed by atoms with Crippen LogP contribution in [0.2, 0.25) is 0 Å². The third kappa shape index (κ3) is 1.99. The summed E-state index contributed by atoms with van der Waals surface area (Å²) < 4.78 is 0. The van der Waals surface area contributed by atoms with Crippen LogP contribution in [0.15, 0.2) is 0 Å². The molecule has 0 aromatic rings. The van der Waals surface area contributed by atoms with Crippen molar-refractivity contribution < 1.29 is 4.79 Å². The number of halogens is 1. The largest absolute Gasteiger partial charge is 0.353 e. The number of alkyl halides is 1. The second kappa shape index (κ2) is 4.15. The molecule has 2 saturated carbocycles. The van der Waals surface area contributed by atoms with E-state index in [4.69, 9.17) is 11.6 Å². The molecule has 2 aliphatic rings. The van der Waals surface area contributed by atoms with E-state index in [-0.39, 0.29) is 22.7 Å². The Bertz CT molecular complexity index is 310. The van der Waals surface area contributed by atoms with Gasteiger partial charge in [0.1, 0.15) is 0 Å². The monoisotopic (exact) mass is 257 g/mol. The Hall–Kier alpha value is -0.240. The zero-order chi connectivity index (χ0) is 12.8. The molecule has 17 heavy (non-hydrogen) atoms. The Labute approximate surface area is 109 Å². The van der Waals surface area contributed by atoms with Crippen LogP contribution in [0.25, 0.3) is 0 Å². The number of carbonyl (C=O) groups is 1. The van der Waals surface area contributed by atoms with Crippen molar-refractivity contribution in [3.8, 4) is 0 Å². The van der Waals surface area contributed by atoms with E-state index < -0.39 is 0 Å². The molecule has 0 bridgehead atoms. The van der Waals surface area contributed by atoms with Crippen LogP contribution in [-0.2, 0) is 4.79 Å². The third-order valence-electron chi connectivity index (χ3n) is 5.47. The lowest BCUT2D eigenvalue weighted by molar-refractivity contribution is -0.124. The summed E-state index contributed by atoms with van der Waals surface area (Å²) in [5, 5.41) is 3.23. The average molecular weight is 258 g/mol. The molecule has 0 radical (unpaired) electrons. The normalized spacial score (nSPS) is 34.6. The van der Waals surface area contributed by atoms with Crippen LogP contribution >= 0.6 is 11.6 Å². The highest BCUT2D eigenvalue weighted by Gasteiger charge is 2.68. The van der Waals surface area contributed by atoms with Gasteiger partial charge < -0.3 is 5.32 Å². The molecule has 1 amide bonds. The van der Waals surface area contributed by atoms with Gasteiger partial charge >= 0.3 is 0 Å². The molecule has 2 fully saturated rings. The molecule has 0 saturated heterocycles. The van der Waals surface area contributed by atoms with Crippen LogP contribution in [0.3, 0.4) is 0 Å². The van der Waals surface area contributed by atoms with Crippen molar-refractivity contribution in [2.45, 2.75) is 53.0 Å². The van der Waals surface area contributed by atoms with Crippen LogP contribution in [0.1, 0.15) is 47.0 Å². The van der Waals surface area contributed by atoms with Crippen LogP contribution in [-0.4, -0.2) is 17.8 Å². The minimum atomic E-state index is 0.131.